The number of hydrogen-bond donors (Lipinski definition) is 1. The first-order valence-corrected chi connectivity index (χ1v) is 8.88. The molecule has 4 heteroatoms. The van der Waals surface area contributed by atoms with Gasteiger partial charge < -0.3 is 14.8 Å². The monoisotopic (exact) mass is 339 g/mol. The zero-order valence-electron chi connectivity index (χ0n) is 14.4. The molecular formula is C21H25NO3. The summed E-state index contributed by atoms with van der Waals surface area (Å²) in [4.78, 5) is 12.1. The Bertz CT molecular complexity index is 666. The predicted molar refractivity (Wildman–Crippen MR) is 96.8 cm³/mol. The molecule has 2 aromatic carbocycles. The van der Waals surface area contributed by atoms with Gasteiger partial charge in [-0.2, -0.15) is 0 Å². The molecule has 1 aliphatic heterocycles. The summed E-state index contributed by atoms with van der Waals surface area (Å²) in [6.45, 7) is 2.42. The minimum absolute atomic E-state index is 0.0481. The molecule has 1 aliphatic rings. The Morgan fingerprint density at radius 3 is 2.56 bits per heavy atom. The van der Waals surface area contributed by atoms with E-state index in [9.17, 15) is 4.79 Å². The number of ether oxygens (including phenoxy) is 2. The average molecular weight is 339 g/mol. The van der Waals surface area contributed by atoms with Gasteiger partial charge in [-0.3, -0.25) is 4.79 Å². The third-order valence-corrected chi connectivity index (χ3v) is 4.40. The number of carbonyl (C=O) groups is 1. The first-order chi connectivity index (χ1) is 12.3. The zero-order chi connectivity index (χ0) is 17.3. The van der Waals surface area contributed by atoms with Crippen LogP contribution in [0.1, 0.15) is 36.0 Å². The molecule has 1 atom stereocenters. The topological polar surface area (TPSA) is 47.6 Å². The van der Waals surface area contributed by atoms with Crippen molar-refractivity contribution >= 4 is 5.91 Å². The summed E-state index contributed by atoms with van der Waals surface area (Å²) in [7, 11) is 0. The Morgan fingerprint density at radius 1 is 1.04 bits per heavy atom. The lowest BCUT2D eigenvalue weighted by Crippen LogP contribution is -2.27. The van der Waals surface area contributed by atoms with Gasteiger partial charge in [0.1, 0.15) is 0 Å². The quantitative estimate of drug-likeness (QED) is 0.799. The first-order valence-electron chi connectivity index (χ1n) is 8.88. The maximum absolute atomic E-state index is 12.1. The van der Waals surface area contributed by atoms with E-state index in [-0.39, 0.29) is 12.0 Å². The van der Waals surface area contributed by atoms with Crippen LogP contribution in [0.25, 0.3) is 0 Å². The molecule has 132 valence electrons. The van der Waals surface area contributed by atoms with Gasteiger partial charge in [-0.05, 0) is 29.5 Å². The summed E-state index contributed by atoms with van der Waals surface area (Å²) in [6, 6.07) is 18.2. The fourth-order valence-corrected chi connectivity index (χ4v) is 3.00. The molecule has 1 N–H and O–H groups in total. The minimum atomic E-state index is 0.0481. The van der Waals surface area contributed by atoms with Crippen molar-refractivity contribution in [1.82, 2.24) is 5.32 Å². The number of amides is 1. The van der Waals surface area contributed by atoms with E-state index in [4.69, 9.17) is 9.47 Å². The average Bonchev–Trinajstić information content (AvgIpc) is 3.15. The second-order valence-corrected chi connectivity index (χ2v) is 6.36. The molecule has 0 saturated carbocycles. The lowest BCUT2D eigenvalue weighted by molar-refractivity contribution is -0.123. The van der Waals surface area contributed by atoms with E-state index in [1.807, 2.05) is 42.5 Å². The van der Waals surface area contributed by atoms with E-state index in [1.165, 1.54) is 0 Å². The molecule has 4 nitrogen and oxygen atoms in total. The van der Waals surface area contributed by atoms with Crippen molar-refractivity contribution in [3.05, 3.63) is 71.3 Å². The van der Waals surface area contributed by atoms with E-state index >= 15 is 0 Å². The fraction of sp³-hybridized carbons (Fsp3) is 0.381. The largest absolute Gasteiger partial charge is 0.378 e. The van der Waals surface area contributed by atoms with Crippen LogP contribution in [0.5, 0.6) is 0 Å². The van der Waals surface area contributed by atoms with Crippen molar-refractivity contribution in [2.24, 2.45) is 0 Å². The Kier molecular flexibility index (Phi) is 6.60. The van der Waals surface area contributed by atoms with Gasteiger partial charge in [0, 0.05) is 13.2 Å². The molecule has 25 heavy (non-hydrogen) atoms. The third-order valence-electron chi connectivity index (χ3n) is 4.40. The lowest BCUT2D eigenvalue weighted by Gasteiger charge is -2.13. The second kappa shape index (κ2) is 9.35. The molecule has 0 unspecified atom stereocenters. The maximum Gasteiger partial charge on any atom is 0.222 e. The highest BCUT2D eigenvalue weighted by atomic mass is 16.5. The SMILES string of the molecule is O=C(C[C@H]1CCCO1)NCc1ccccc1COCc1ccccc1. The molecule has 2 aromatic rings. The van der Waals surface area contributed by atoms with E-state index in [1.54, 1.807) is 0 Å². The molecule has 0 radical (unpaired) electrons. The van der Waals surface area contributed by atoms with Crippen LogP contribution in [0.2, 0.25) is 0 Å². The molecule has 0 aromatic heterocycles. The zero-order valence-corrected chi connectivity index (χ0v) is 14.4. The van der Waals surface area contributed by atoms with Crippen molar-refractivity contribution in [3.63, 3.8) is 0 Å². The van der Waals surface area contributed by atoms with E-state index in [0.29, 0.717) is 26.2 Å². The highest BCUT2D eigenvalue weighted by Crippen LogP contribution is 2.16. The van der Waals surface area contributed by atoms with Crippen LogP contribution in [0.15, 0.2) is 54.6 Å². The third kappa shape index (κ3) is 5.69. The summed E-state index contributed by atoms with van der Waals surface area (Å²) in [5.74, 6) is 0.0481. The normalized spacial score (nSPS) is 16.7. The molecular weight excluding hydrogens is 314 g/mol. The summed E-state index contributed by atoms with van der Waals surface area (Å²) in [5.41, 5.74) is 3.36. The van der Waals surface area contributed by atoms with Gasteiger partial charge >= 0.3 is 0 Å². The maximum atomic E-state index is 12.1. The molecule has 1 fully saturated rings. The van der Waals surface area contributed by atoms with Gasteiger partial charge in [-0.1, -0.05) is 54.6 Å². The van der Waals surface area contributed by atoms with Crippen LogP contribution in [0.3, 0.4) is 0 Å². The van der Waals surface area contributed by atoms with Crippen molar-refractivity contribution in [2.75, 3.05) is 6.61 Å². The van der Waals surface area contributed by atoms with Gasteiger partial charge in [0.2, 0.25) is 5.91 Å². The van der Waals surface area contributed by atoms with Crippen LogP contribution in [-0.4, -0.2) is 18.6 Å². The van der Waals surface area contributed by atoms with E-state index in [2.05, 4.69) is 17.4 Å². The Labute approximate surface area is 149 Å². The van der Waals surface area contributed by atoms with Crippen molar-refractivity contribution in [1.29, 1.82) is 0 Å². The summed E-state index contributed by atoms with van der Waals surface area (Å²) in [6.07, 6.45) is 2.58. The van der Waals surface area contributed by atoms with Crippen molar-refractivity contribution in [2.45, 2.75) is 45.1 Å². The van der Waals surface area contributed by atoms with Gasteiger partial charge in [-0.25, -0.2) is 0 Å². The van der Waals surface area contributed by atoms with Gasteiger partial charge in [0.25, 0.3) is 0 Å². The summed E-state index contributed by atoms with van der Waals surface area (Å²) >= 11 is 0. The Hall–Kier alpha value is -2.17. The number of hydrogen-bond acceptors (Lipinski definition) is 3. The minimum Gasteiger partial charge on any atom is -0.378 e. The number of benzene rings is 2. The van der Waals surface area contributed by atoms with Crippen LogP contribution in [0.4, 0.5) is 0 Å². The Morgan fingerprint density at radius 2 is 1.80 bits per heavy atom. The molecule has 0 bridgehead atoms. The molecule has 0 aliphatic carbocycles. The van der Waals surface area contributed by atoms with Gasteiger partial charge in [-0.15, -0.1) is 0 Å². The fourth-order valence-electron chi connectivity index (χ4n) is 3.00. The van der Waals surface area contributed by atoms with Crippen molar-refractivity contribution in [3.8, 4) is 0 Å². The smallest absolute Gasteiger partial charge is 0.222 e. The molecule has 1 saturated heterocycles. The second-order valence-electron chi connectivity index (χ2n) is 6.36. The molecule has 1 amide bonds. The molecule has 0 spiro atoms. The first kappa shape index (κ1) is 17.6. The predicted octanol–water partition coefficient (Wildman–Crippen LogP) is 3.59. The number of nitrogens with one attached hydrogen (secondary N) is 1. The summed E-state index contributed by atoms with van der Waals surface area (Å²) in [5, 5.41) is 3.00. The van der Waals surface area contributed by atoms with Crippen LogP contribution < -0.4 is 5.32 Å². The molecule has 3 rings (SSSR count). The van der Waals surface area contributed by atoms with E-state index in [0.717, 1.165) is 36.1 Å². The number of rotatable bonds is 8. The van der Waals surface area contributed by atoms with Crippen molar-refractivity contribution < 1.29 is 14.3 Å². The number of carbonyl (C=O) groups excluding carboxylic acids is 1. The van der Waals surface area contributed by atoms with Crippen LogP contribution >= 0.6 is 0 Å². The highest BCUT2D eigenvalue weighted by molar-refractivity contribution is 5.76. The van der Waals surface area contributed by atoms with Crippen LogP contribution in [-0.2, 0) is 34.0 Å². The lowest BCUT2D eigenvalue weighted by atomic mass is 10.1. The standard InChI is InChI=1S/C21H25NO3/c23-21(13-20-11-6-12-25-20)22-14-18-9-4-5-10-19(18)16-24-15-17-7-2-1-3-8-17/h1-5,7-10,20H,6,11-16H2,(H,22,23)/t20-/m1/s1. The molecule has 1 heterocycles. The summed E-state index contributed by atoms with van der Waals surface area (Å²) < 4.78 is 11.3. The van der Waals surface area contributed by atoms with Gasteiger partial charge in [0.15, 0.2) is 0 Å². The van der Waals surface area contributed by atoms with E-state index < -0.39 is 0 Å². The van der Waals surface area contributed by atoms with Crippen LogP contribution in [0, 0.1) is 0 Å². The Balaban J connectivity index is 1.47. The van der Waals surface area contributed by atoms with Gasteiger partial charge in [0.05, 0.1) is 25.7 Å². The highest BCUT2D eigenvalue weighted by Gasteiger charge is 2.18.